The molecule has 0 N–H and O–H groups in total. The quantitative estimate of drug-likeness (QED) is 0.544. The molecule has 0 bridgehead atoms. The Hall–Kier alpha value is -0.620. The Morgan fingerprint density at radius 2 is 1.17 bits per heavy atom. The number of ketones is 2. The minimum atomic E-state index is -0.0973. The van der Waals surface area contributed by atoms with Crippen LogP contribution in [0.2, 0.25) is 0 Å². The summed E-state index contributed by atoms with van der Waals surface area (Å²) in [5, 5.41) is 0. The highest BCUT2D eigenvalue weighted by atomic mass is 79.9. The minimum Gasteiger partial charge on any atom is -0.361 e. The Bertz CT molecular complexity index is 490. The molecule has 2 saturated heterocycles. The molecule has 2 fully saturated rings. The van der Waals surface area contributed by atoms with Crippen LogP contribution in [0.5, 0.6) is 0 Å². The lowest BCUT2D eigenvalue weighted by molar-refractivity contribution is -0.116. The third kappa shape index (κ3) is 1.69. The Labute approximate surface area is 122 Å². The normalized spacial score (nSPS) is 31.6. The third-order valence-corrected chi connectivity index (χ3v) is 5.01. The van der Waals surface area contributed by atoms with Gasteiger partial charge in [-0.1, -0.05) is 0 Å². The molecule has 0 amide bonds. The summed E-state index contributed by atoms with van der Waals surface area (Å²) in [6.07, 6.45) is 0. The van der Waals surface area contributed by atoms with E-state index >= 15 is 0 Å². The summed E-state index contributed by atoms with van der Waals surface area (Å²) in [5.41, 5.74) is 0.996. The van der Waals surface area contributed by atoms with Gasteiger partial charge in [0.15, 0.2) is 0 Å². The molecule has 2 atom stereocenters. The molecule has 4 nitrogen and oxygen atoms in total. The van der Waals surface area contributed by atoms with Gasteiger partial charge in [0, 0.05) is 25.2 Å². The molecule has 0 aromatic heterocycles. The predicted molar refractivity (Wildman–Crippen MR) is 74.3 cm³/mol. The first-order valence-corrected chi connectivity index (χ1v) is 7.44. The molecule has 0 aromatic carbocycles. The molecule has 0 aromatic rings. The van der Waals surface area contributed by atoms with E-state index in [0.29, 0.717) is 32.4 Å². The van der Waals surface area contributed by atoms with Crippen LogP contribution in [-0.2, 0) is 9.59 Å². The fourth-order valence-electron chi connectivity index (χ4n) is 2.23. The lowest BCUT2D eigenvalue weighted by atomic mass is 10.1. The van der Waals surface area contributed by atoms with E-state index in [2.05, 4.69) is 31.9 Å². The Balaban J connectivity index is 2.00. The molecular weight excluding hydrogens is 364 g/mol. The maximum absolute atomic E-state index is 12.3. The maximum Gasteiger partial charge on any atom is 0.219 e. The van der Waals surface area contributed by atoms with Crippen molar-refractivity contribution in [1.82, 2.24) is 9.80 Å². The molecule has 1 aliphatic carbocycles. The zero-order chi connectivity index (χ0) is 13.2. The molecular formula is C12H12Br2N2O2. The highest BCUT2D eigenvalue weighted by Gasteiger charge is 2.46. The third-order valence-electron chi connectivity index (χ3n) is 3.54. The Morgan fingerprint density at radius 1 is 0.889 bits per heavy atom. The number of carbonyl (C=O) groups excluding carboxylic acids is 2. The van der Waals surface area contributed by atoms with Gasteiger partial charge >= 0.3 is 0 Å². The van der Waals surface area contributed by atoms with Gasteiger partial charge < -0.3 is 9.80 Å². The molecule has 6 heteroatoms. The van der Waals surface area contributed by atoms with E-state index in [9.17, 15) is 9.59 Å². The van der Waals surface area contributed by atoms with Gasteiger partial charge in [-0.05, 0) is 45.7 Å². The molecule has 3 rings (SSSR count). The van der Waals surface area contributed by atoms with Crippen LogP contribution in [0.15, 0.2) is 20.4 Å². The number of nitrogens with zero attached hydrogens (tertiary/aromatic N) is 2. The molecule has 0 spiro atoms. The van der Waals surface area contributed by atoms with E-state index in [1.54, 1.807) is 0 Å². The van der Waals surface area contributed by atoms with Gasteiger partial charge in [0.1, 0.15) is 11.4 Å². The van der Waals surface area contributed by atoms with Crippen molar-refractivity contribution in [3.8, 4) is 0 Å². The second kappa shape index (κ2) is 3.93. The average molecular weight is 376 g/mol. The largest absolute Gasteiger partial charge is 0.361 e. The number of hydrogen-bond donors (Lipinski definition) is 0. The number of hydrogen-bond acceptors (Lipinski definition) is 4. The van der Waals surface area contributed by atoms with Crippen LogP contribution in [0, 0.1) is 0 Å². The zero-order valence-corrected chi connectivity index (χ0v) is 13.2. The van der Waals surface area contributed by atoms with E-state index in [1.165, 1.54) is 0 Å². The lowest BCUT2D eigenvalue weighted by Gasteiger charge is -2.20. The number of Topliss-reactive ketones (excluding diaryl/α,β-unsaturated/α-hetero) is 2. The van der Waals surface area contributed by atoms with Crippen LogP contribution in [0.3, 0.4) is 0 Å². The highest BCUT2D eigenvalue weighted by Crippen LogP contribution is 2.41. The fraction of sp³-hybridized carbons (Fsp3) is 0.500. The molecule has 18 heavy (non-hydrogen) atoms. The van der Waals surface area contributed by atoms with Crippen molar-refractivity contribution in [2.75, 3.05) is 13.1 Å². The predicted octanol–water partition coefficient (Wildman–Crippen LogP) is 1.76. The van der Waals surface area contributed by atoms with Crippen LogP contribution < -0.4 is 0 Å². The molecule has 3 aliphatic rings. The fourth-order valence-corrected chi connectivity index (χ4v) is 3.42. The Kier molecular flexibility index (Phi) is 2.71. The molecule has 96 valence electrons. The van der Waals surface area contributed by atoms with Gasteiger partial charge in [0.2, 0.25) is 11.6 Å². The number of carbonyl (C=O) groups is 2. The van der Waals surface area contributed by atoms with Gasteiger partial charge in [-0.3, -0.25) is 9.59 Å². The van der Waals surface area contributed by atoms with Gasteiger partial charge in [-0.15, -0.1) is 0 Å². The molecule has 2 heterocycles. The highest BCUT2D eigenvalue weighted by molar-refractivity contribution is 9.12. The number of rotatable bonds is 2. The van der Waals surface area contributed by atoms with Crippen molar-refractivity contribution < 1.29 is 9.59 Å². The monoisotopic (exact) mass is 374 g/mol. The molecule has 0 radical (unpaired) electrons. The topological polar surface area (TPSA) is 40.2 Å². The van der Waals surface area contributed by atoms with Gasteiger partial charge in [0.25, 0.3) is 0 Å². The number of allylic oxidation sites excluding steroid dienone is 2. The van der Waals surface area contributed by atoms with E-state index in [-0.39, 0.29) is 11.6 Å². The van der Waals surface area contributed by atoms with E-state index in [4.69, 9.17) is 0 Å². The summed E-state index contributed by atoms with van der Waals surface area (Å²) in [6, 6.07) is 0.678. The van der Waals surface area contributed by atoms with Gasteiger partial charge in [-0.2, -0.15) is 0 Å². The summed E-state index contributed by atoms with van der Waals surface area (Å²) >= 11 is 6.60. The van der Waals surface area contributed by atoms with Crippen molar-refractivity contribution in [2.24, 2.45) is 0 Å². The standard InChI is InChI=1S/C12H12Br2N2O2/c1-5-3-15(5)9-7(13)12(18)10(8(14)11(9)17)16-4-6(16)2/h5-6H,3-4H2,1-2H3. The van der Waals surface area contributed by atoms with Gasteiger partial charge in [0.05, 0.1) is 8.96 Å². The maximum atomic E-state index is 12.3. The molecule has 0 saturated carbocycles. The van der Waals surface area contributed by atoms with E-state index in [1.807, 2.05) is 23.6 Å². The second-order valence-electron chi connectivity index (χ2n) is 4.99. The van der Waals surface area contributed by atoms with Crippen molar-refractivity contribution >= 4 is 43.4 Å². The summed E-state index contributed by atoms with van der Waals surface area (Å²) < 4.78 is 0.795. The van der Waals surface area contributed by atoms with Crippen LogP contribution in [0.25, 0.3) is 0 Å². The lowest BCUT2D eigenvalue weighted by Crippen LogP contribution is -2.27. The molecule has 2 aliphatic heterocycles. The first-order valence-electron chi connectivity index (χ1n) is 5.85. The Morgan fingerprint density at radius 3 is 1.39 bits per heavy atom. The van der Waals surface area contributed by atoms with Crippen molar-refractivity contribution in [3.05, 3.63) is 20.4 Å². The number of halogens is 2. The van der Waals surface area contributed by atoms with E-state index < -0.39 is 0 Å². The summed E-state index contributed by atoms with van der Waals surface area (Å²) in [6.45, 7) is 5.73. The van der Waals surface area contributed by atoms with E-state index in [0.717, 1.165) is 13.1 Å². The SMILES string of the molecule is CC1CN1C1=C(Br)C(=O)C(N2CC2C)=C(Br)C1=O. The van der Waals surface area contributed by atoms with Crippen LogP contribution in [-0.4, -0.2) is 46.5 Å². The van der Waals surface area contributed by atoms with Crippen LogP contribution >= 0.6 is 31.9 Å². The summed E-state index contributed by atoms with van der Waals surface area (Å²) in [4.78, 5) is 28.6. The summed E-state index contributed by atoms with van der Waals surface area (Å²) in [5.74, 6) is -0.195. The first kappa shape index (κ1) is 12.4. The second-order valence-corrected chi connectivity index (χ2v) is 6.57. The van der Waals surface area contributed by atoms with Crippen LogP contribution in [0.4, 0.5) is 0 Å². The average Bonchev–Trinajstić information content (AvgIpc) is 3.19. The first-order chi connectivity index (χ1) is 8.43. The van der Waals surface area contributed by atoms with Crippen molar-refractivity contribution in [1.29, 1.82) is 0 Å². The van der Waals surface area contributed by atoms with Gasteiger partial charge in [-0.25, -0.2) is 0 Å². The zero-order valence-electron chi connectivity index (χ0n) is 10.0. The van der Waals surface area contributed by atoms with Crippen molar-refractivity contribution in [3.63, 3.8) is 0 Å². The van der Waals surface area contributed by atoms with Crippen LogP contribution in [0.1, 0.15) is 13.8 Å². The smallest absolute Gasteiger partial charge is 0.219 e. The minimum absolute atomic E-state index is 0.0973. The summed E-state index contributed by atoms with van der Waals surface area (Å²) in [7, 11) is 0. The van der Waals surface area contributed by atoms with Crippen molar-refractivity contribution in [2.45, 2.75) is 25.9 Å². The molecule has 2 unspecified atom stereocenters.